The van der Waals surface area contributed by atoms with Gasteiger partial charge in [0.25, 0.3) is 0 Å². The third kappa shape index (κ3) is 10.0. The van der Waals surface area contributed by atoms with Gasteiger partial charge in [-0.2, -0.15) is 21.8 Å². The van der Waals surface area contributed by atoms with E-state index in [0.717, 1.165) is 6.16 Å². The largest absolute Gasteiger partial charge is 0.325 e. The monoisotopic (exact) mass is 175 g/mol. The van der Waals surface area contributed by atoms with Crippen molar-refractivity contribution in [1.29, 1.82) is 0 Å². The third-order valence-electron chi connectivity index (χ3n) is 0.928. The van der Waals surface area contributed by atoms with Crippen LogP contribution in [0.15, 0.2) is 0 Å². The van der Waals surface area contributed by atoms with Gasteiger partial charge in [0.2, 0.25) is 0 Å². The van der Waals surface area contributed by atoms with Gasteiger partial charge in [-0.3, -0.25) is 0 Å². The summed E-state index contributed by atoms with van der Waals surface area (Å²) in [7, 11) is 2.69. The van der Waals surface area contributed by atoms with Crippen LogP contribution in [0.5, 0.6) is 0 Å². The average Bonchev–Trinajstić information content (AvgIpc) is 1.69. The first-order chi connectivity index (χ1) is 3.41. The van der Waals surface area contributed by atoms with Gasteiger partial charge in [0.15, 0.2) is 0 Å². The molecule has 0 aromatic heterocycles. The fourth-order valence-corrected chi connectivity index (χ4v) is 0.702. The van der Waals surface area contributed by atoms with Gasteiger partial charge in [-0.05, 0) is 0 Å². The van der Waals surface area contributed by atoms with Crippen molar-refractivity contribution in [1.82, 2.24) is 0 Å². The summed E-state index contributed by atoms with van der Waals surface area (Å²) >= 11 is 0. The number of rotatable bonds is 4. The molecule has 54 valence electrons. The van der Waals surface area contributed by atoms with Crippen molar-refractivity contribution >= 4 is 9.24 Å². The Kier molecular flexibility index (Phi) is 15.8. The van der Waals surface area contributed by atoms with Crippen LogP contribution >= 0.6 is 9.24 Å². The fourth-order valence-electron chi connectivity index (χ4n) is 0.466. The SMILES string of the molecule is CCCC[CH-]CP.[Ni]. The van der Waals surface area contributed by atoms with Crippen molar-refractivity contribution in [3.63, 3.8) is 0 Å². The van der Waals surface area contributed by atoms with E-state index in [1.165, 1.54) is 19.3 Å². The number of hydrogen-bond donors (Lipinski definition) is 0. The molecule has 0 radical (unpaired) electrons. The first-order valence-electron chi connectivity index (χ1n) is 2.93. The van der Waals surface area contributed by atoms with Gasteiger partial charge in [0.1, 0.15) is 0 Å². The summed E-state index contributed by atoms with van der Waals surface area (Å²) in [5, 5.41) is 0. The second kappa shape index (κ2) is 10.8. The van der Waals surface area contributed by atoms with Crippen LogP contribution in [0.4, 0.5) is 0 Å². The molecule has 8 heavy (non-hydrogen) atoms. The molecule has 1 atom stereocenters. The normalized spacial score (nSPS) is 8.25. The molecule has 0 saturated heterocycles. The minimum atomic E-state index is 0. The van der Waals surface area contributed by atoms with Crippen LogP contribution in [0.3, 0.4) is 0 Å². The van der Waals surface area contributed by atoms with Gasteiger partial charge in [-0.25, -0.2) is 0 Å². The maximum atomic E-state index is 2.69. The molecule has 0 rings (SSSR count). The maximum absolute atomic E-state index is 2.69. The Hall–Kier alpha value is 0.924. The van der Waals surface area contributed by atoms with Gasteiger partial charge in [0.05, 0.1) is 0 Å². The Morgan fingerprint density at radius 2 is 2.12 bits per heavy atom. The molecular weight excluding hydrogens is 162 g/mol. The Bertz CT molecular complexity index is 27.7. The van der Waals surface area contributed by atoms with Crippen LogP contribution in [0, 0.1) is 6.42 Å². The molecule has 1 unspecified atom stereocenters. The zero-order valence-corrected chi connectivity index (χ0v) is 7.44. The summed E-state index contributed by atoms with van der Waals surface area (Å²) in [4.78, 5) is 0. The second-order valence-electron chi connectivity index (χ2n) is 1.67. The molecule has 0 amide bonds. The molecule has 0 aliphatic heterocycles. The topological polar surface area (TPSA) is 0 Å². The molecule has 0 fully saturated rings. The number of hydrogen-bond acceptors (Lipinski definition) is 0. The minimum Gasteiger partial charge on any atom is -0.325 e. The van der Waals surface area contributed by atoms with Crippen molar-refractivity contribution < 1.29 is 16.5 Å². The molecule has 0 aromatic carbocycles. The maximum Gasteiger partial charge on any atom is 0 e. The summed E-state index contributed by atoms with van der Waals surface area (Å²) in [5.74, 6) is 0. The van der Waals surface area contributed by atoms with E-state index in [2.05, 4.69) is 22.6 Å². The minimum absolute atomic E-state index is 0. The third-order valence-corrected chi connectivity index (χ3v) is 1.26. The van der Waals surface area contributed by atoms with Gasteiger partial charge in [-0.15, -0.1) is 0 Å². The Morgan fingerprint density at radius 1 is 1.50 bits per heavy atom. The zero-order valence-electron chi connectivity index (χ0n) is 5.30. The standard InChI is InChI=1S/C6H14P.Ni/c1-2-3-4-5-6-7;/h5H,2-4,6-7H2,1H3;/q-1;. The van der Waals surface area contributed by atoms with Gasteiger partial charge in [0, 0.05) is 16.5 Å². The molecule has 0 aliphatic rings. The second-order valence-corrected chi connectivity index (χ2v) is 2.14. The van der Waals surface area contributed by atoms with E-state index in [1.807, 2.05) is 0 Å². The van der Waals surface area contributed by atoms with E-state index in [9.17, 15) is 0 Å². The van der Waals surface area contributed by atoms with E-state index in [0.29, 0.717) is 0 Å². The van der Waals surface area contributed by atoms with Crippen molar-refractivity contribution in [2.75, 3.05) is 6.16 Å². The van der Waals surface area contributed by atoms with Crippen molar-refractivity contribution in [2.24, 2.45) is 0 Å². The van der Waals surface area contributed by atoms with Crippen molar-refractivity contribution in [3.8, 4) is 0 Å². The summed E-state index contributed by atoms with van der Waals surface area (Å²) in [5.41, 5.74) is 0. The van der Waals surface area contributed by atoms with Crippen LogP contribution in [-0.2, 0) is 16.5 Å². The number of unbranched alkanes of at least 4 members (excludes halogenated alkanes) is 3. The predicted molar refractivity (Wildman–Crippen MR) is 38.4 cm³/mol. The molecule has 0 aromatic rings. The van der Waals surface area contributed by atoms with Crippen molar-refractivity contribution in [3.05, 3.63) is 6.42 Å². The van der Waals surface area contributed by atoms with E-state index in [1.54, 1.807) is 0 Å². The Labute approximate surface area is 64.9 Å². The zero-order chi connectivity index (χ0) is 5.54. The van der Waals surface area contributed by atoms with E-state index in [4.69, 9.17) is 0 Å². The van der Waals surface area contributed by atoms with E-state index < -0.39 is 0 Å². The first-order valence-corrected chi connectivity index (χ1v) is 3.75. The molecule has 0 heterocycles. The average molecular weight is 176 g/mol. The summed E-state index contributed by atoms with van der Waals surface area (Å²) < 4.78 is 0. The Balaban J connectivity index is 0. The van der Waals surface area contributed by atoms with Crippen LogP contribution in [0.25, 0.3) is 0 Å². The van der Waals surface area contributed by atoms with Crippen LogP contribution in [0.1, 0.15) is 26.2 Å². The Morgan fingerprint density at radius 3 is 2.50 bits per heavy atom. The fraction of sp³-hybridized carbons (Fsp3) is 0.833. The molecule has 0 saturated carbocycles. The molecular formula is C6H14NiP-. The van der Waals surface area contributed by atoms with E-state index in [-0.39, 0.29) is 16.5 Å². The summed E-state index contributed by atoms with van der Waals surface area (Å²) in [6.45, 7) is 2.22. The summed E-state index contributed by atoms with van der Waals surface area (Å²) in [6, 6.07) is 0. The molecule has 0 bridgehead atoms. The first kappa shape index (κ1) is 11.7. The van der Waals surface area contributed by atoms with Crippen LogP contribution in [-0.4, -0.2) is 6.16 Å². The molecule has 2 heteroatoms. The van der Waals surface area contributed by atoms with Crippen molar-refractivity contribution in [2.45, 2.75) is 26.2 Å². The molecule has 0 N–H and O–H groups in total. The summed E-state index contributed by atoms with van der Waals surface area (Å²) in [6.07, 6.45) is 7.42. The predicted octanol–water partition coefficient (Wildman–Crippen LogP) is 2.25. The van der Waals surface area contributed by atoms with Gasteiger partial charge >= 0.3 is 0 Å². The quantitative estimate of drug-likeness (QED) is 0.266. The molecule has 0 spiro atoms. The van der Waals surface area contributed by atoms with Gasteiger partial charge in [-0.1, -0.05) is 19.8 Å². The van der Waals surface area contributed by atoms with Crippen LogP contribution < -0.4 is 0 Å². The molecule has 0 aliphatic carbocycles. The van der Waals surface area contributed by atoms with Crippen LogP contribution in [0.2, 0.25) is 0 Å². The smallest absolute Gasteiger partial charge is 0 e. The molecule has 0 nitrogen and oxygen atoms in total. The van der Waals surface area contributed by atoms with E-state index >= 15 is 0 Å². The van der Waals surface area contributed by atoms with Gasteiger partial charge < -0.3 is 6.42 Å².